The van der Waals surface area contributed by atoms with Gasteiger partial charge in [0, 0.05) is 24.0 Å². The number of amides is 1. The summed E-state index contributed by atoms with van der Waals surface area (Å²) in [7, 11) is 0. The molecule has 2 N–H and O–H groups in total. The van der Waals surface area contributed by atoms with Crippen molar-refractivity contribution in [3.05, 3.63) is 24.3 Å². The molecule has 1 aromatic rings. The molecule has 1 unspecified atom stereocenters. The smallest absolute Gasteiger partial charge is 0.317 e. The first-order valence-electron chi connectivity index (χ1n) is 9.10. The maximum absolute atomic E-state index is 12.6. The largest absolute Gasteiger partial charge is 0.480 e. The lowest BCUT2D eigenvalue weighted by molar-refractivity contribution is -0.139. The quantitative estimate of drug-likeness (QED) is 0.677. The number of carbonyl (C=O) groups excluding carboxylic acids is 1. The summed E-state index contributed by atoms with van der Waals surface area (Å²) < 4.78 is 0. The van der Waals surface area contributed by atoms with Gasteiger partial charge in [0.15, 0.2) is 0 Å². The van der Waals surface area contributed by atoms with E-state index in [1.165, 1.54) is 0 Å². The van der Waals surface area contributed by atoms with Crippen LogP contribution in [-0.4, -0.2) is 71.3 Å². The highest BCUT2D eigenvalue weighted by atomic mass is 32.2. The zero-order chi connectivity index (χ0) is 19.1. The highest BCUT2D eigenvalue weighted by molar-refractivity contribution is 7.98. The van der Waals surface area contributed by atoms with E-state index in [-0.39, 0.29) is 24.5 Å². The molecule has 2 rings (SSSR count). The van der Waals surface area contributed by atoms with Crippen molar-refractivity contribution < 1.29 is 14.7 Å². The van der Waals surface area contributed by atoms with Crippen molar-refractivity contribution in [2.24, 2.45) is 0 Å². The summed E-state index contributed by atoms with van der Waals surface area (Å²) in [5.74, 6) is -0.780. The van der Waals surface area contributed by atoms with Crippen molar-refractivity contribution in [2.75, 3.05) is 37.8 Å². The Morgan fingerprint density at radius 1 is 1.35 bits per heavy atom. The molecule has 1 saturated heterocycles. The Kier molecular flexibility index (Phi) is 7.93. The molecule has 0 bridgehead atoms. The van der Waals surface area contributed by atoms with Crippen molar-refractivity contribution in [1.82, 2.24) is 9.80 Å². The SMILES string of the molecule is CCN(CC(=O)O)C1CCN(C(C)C(=O)Nc2ccccc2SC)CC1. The maximum atomic E-state index is 12.6. The van der Waals surface area contributed by atoms with E-state index >= 15 is 0 Å². The minimum Gasteiger partial charge on any atom is -0.480 e. The summed E-state index contributed by atoms with van der Waals surface area (Å²) >= 11 is 1.61. The van der Waals surface area contributed by atoms with Crippen LogP contribution in [0.15, 0.2) is 29.2 Å². The standard InChI is InChI=1S/C19H29N3O3S/c1-4-21(13-18(23)24)15-9-11-22(12-10-15)14(2)19(25)20-16-7-5-6-8-17(16)26-3/h5-8,14-15H,4,9-13H2,1-3H3,(H,20,25)(H,23,24). The van der Waals surface area contributed by atoms with Crippen LogP contribution in [0, 0.1) is 0 Å². The molecule has 0 aliphatic carbocycles. The Bertz CT molecular complexity index is 618. The highest BCUT2D eigenvalue weighted by Gasteiger charge is 2.29. The third-order valence-corrected chi connectivity index (χ3v) is 5.85. The fourth-order valence-electron chi connectivity index (χ4n) is 3.46. The molecule has 1 heterocycles. The number of carbonyl (C=O) groups is 2. The number of hydrogen-bond donors (Lipinski definition) is 2. The summed E-state index contributed by atoms with van der Waals surface area (Å²) in [6, 6.07) is 7.88. The first-order valence-corrected chi connectivity index (χ1v) is 10.3. The minimum absolute atomic E-state index is 0.00262. The van der Waals surface area contributed by atoms with Crippen LogP contribution < -0.4 is 5.32 Å². The van der Waals surface area contributed by atoms with E-state index in [1.54, 1.807) is 11.8 Å². The zero-order valence-corrected chi connectivity index (χ0v) is 16.6. The number of benzene rings is 1. The molecule has 0 saturated carbocycles. The fraction of sp³-hybridized carbons (Fsp3) is 0.579. The van der Waals surface area contributed by atoms with Gasteiger partial charge < -0.3 is 10.4 Å². The molecule has 0 aromatic heterocycles. The molecule has 1 aromatic carbocycles. The molecule has 0 radical (unpaired) electrons. The number of anilines is 1. The zero-order valence-electron chi connectivity index (χ0n) is 15.8. The third kappa shape index (κ3) is 5.46. The second-order valence-electron chi connectivity index (χ2n) is 6.59. The van der Waals surface area contributed by atoms with Crippen LogP contribution >= 0.6 is 11.8 Å². The molecular formula is C19H29N3O3S. The monoisotopic (exact) mass is 379 g/mol. The van der Waals surface area contributed by atoms with Crippen LogP contribution in [0.5, 0.6) is 0 Å². The Hall–Kier alpha value is -1.57. The van der Waals surface area contributed by atoms with Crippen LogP contribution in [0.3, 0.4) is 0 Å². The number of likely N-dealkylation sites (N-methyl/N-ethyl adjacent to an activating group) is 1. The molecular weight excluding hydrogens is 350 g/mol. The van der Waals surface area contributed by atoms with Crippen molar-refractivity contribution in [1.29, 1.82) is 0 Å². The van der Waals surface area contributed by atoms with E-state index in [9.17, 15) is 9.59 Å². The molecule has 26 heavy (non-hydrogen) atoms. The molecule has 144 valence electrons. The second kappa shape index (κ2) is 9.94. The van der Waals surface area contributed by atoms with E-state index in [0.29, 0.717) is 0 Å². The number of aliphatic carboxylic acids is 1. The van der Waals surface area contributed by atoms with E-state index in [4.69, 9.17) is 5.11 Å². The van der Waals surface area contributed by atoms with Crippen molar-refractivity contribution in [3.8, 4) is 0 Å². The molecule has 1 fully saturated rings. The summed E-state index contributed by atoms with van der Waals surface area (Å²) in [6.45, 7) is 6.36. The van der Waals surface area contributed by atoms with Crippen molar-refractivity contribution in [2.45, 2.75) is 43.7 Å². The van der Waals surface area contributed by atoms with E-state index in [2.05, 4.69) is 10.2 Å². The van der Waals surface area contributed by atoms with Crippen LogP contribution in [0.25, 0.3) is 0 Å². The summed E-state index contributed by atoms with van der Waals surface area (Å²) in [5, 5.41) is 12.1. The first kappa shape index (κ1) is 20.7. The van der Waals surface area contributed by atoms with Gasteiger partial charge in [-0.1, -0.05) is 19.1 Å². The molecule has 0 spiro atoms. The van der Waals surface area contributed by atoms with Gasteiger partial charge in [-0.3, -0.25) is 19.4 Å². The lowest BCUT2D eigenvalue weighted by Crippen LogP contribution is -2.51. The maximum Gasteiger partial charge on any atom is 0.317 e. The summed E-state index contributed by atoms with van der Waals surface area (Å²) in [5.41, 5.74) is 0.852. The lowest BCUT2D eigenvalue weighted by Gasteiger charge is -2.39. The van der Waals surface area contributed by atoms with Crippen LogP contribution in [0.2, 0.25) is 0 Å². The topological polar surface area (TPSA) is 72.9 Å². The van der Waals surface area contributed by atoms with Crippen LogP contribution in [-0.2, 0) is 9.59 Å². The number of carboxylic acid groups (broad SMARTS) is 1. The van der Waals surface area contributed by atoms with Gasteiger partial charge in [-0.2, -0.15) is 0 Å². The van der Waals surface area contributed by atoms with Gasteiger partial charge in [-0.15, -0.1) is 11.8 Å². The van der Waals surface area contributed by atoms with E-state index in [0.717, 1.165) is 43.1 Å². The van der Waals surface area contributed by atoms with Crippen molar-refractivity contribution in [3.63, 3.8) is 0 Å². The molecule has 6 nitrogen and oxygen atoms in total. The number of likely N-dealkylation sites (tertiary alicyclic amines) is 1. The Morgan fingerprint density at radius 2 is 2.00 bits per heavy atom. The molecule has 7 heteroatoms. The van der Waals surface area contributed by atoms with Crippen molar-refractivity contribution >= 4 is 29.3 Å². The molecule has 1 atom stereocenters. The van der Waals surface area contributed by atoms with Gasteiger partial charge in [0.25, 0.3) is 0 Å². The van der Waals surface area contributed by atoms with Gasteiger partial charge in [-0.05, 0) is 44.7 Å². The number of thioether (sulfide) groups is 1. The number of piperidine rings is 1. The van der Waals surface area contributed by atoms with Gasteiger partial charge in [0.1, 0.15) is 0 Å². The molecule has 1 aliphatic heterocycles. The number of rotatable bonds is 8. The van der Waals surface area contributed by atoms with Gasteiger partial charge in [0.05, 0.1) is 18.3 Å². The number of nitrogens with zero attached hydrogens (tertiary/aromatic N) is 2. The predicted octanol–water partition coefficient (Wildman–Crippen LogP) is 2.61. The fourth-order valence-corrected chi connectivity index (χ4v) is 4.02. The number of para-hydroxylation sites is 1. The average molecular weight is 380 g/mol. The Labute approximate surface area is 159 Å². The van der Waals surface area contributed by atoms with Gasteiger partial charge in [0.2, 0.25) is 5.91 Å². The summed E-state index contributed by atoms with van der Waals surface area (Å²) in [6.07, 6.45) is 3.77. The minimum atomic E-state index is -0.783. The Morgan fingerprint density at radius 3 is 2.58 bits per heavy atom. The van der Waals surface area contributed by atoms with E-state index in [1.807, 2.05) is 49.3 Å². The lowest BCUT2D eigenvalue weighted by atomic mass is 10.0. The second-order valence-corrected chi connectivity index (χ2v) is 7.44. The van der Waals surface area contributed by atoms with Crippen LogP contribution in [0.1, 0.15) is 26.7 Å². The molecule has 1 aliphatic rings. The Balaban J connectivity index is 1.90. The average Bonchev–Trinajstić information content (AvgIpc) is 2.66. The van der Waals surface area contributed by atoms with Gasteiger partial charge >= 0.3 is 5.97 Å². The summed E-state index contributed by atoms with van der Waals surface area (Å²) in [4.78, 5) is 28.9. The van der Waals surface area contributed by atoms with Gasteiger partial charge in [-0.25, -0.2) is 0 Å². The molecule has 1 amide bonds. The van der Waals surface area contributed by atoms with Crippen LogP contribution in [0.4, 0.5) is 5.69 Å². The van der Waals surface area contributed by atoms with E-state index < -0.39 is 5.97 Å². The number of hydrogen-bond acceptors (Lipinski definition) is 5. The third-order valence-electron chi connectivity index (χ3n) is 5.05. The first-order chi connectivity index (χ1) is 12.5. The highest BCUT2D eigenvalue weighted by Crippen LogP contribution is 2.25. The predicted molar refractivity (Wildman–Crippen MR) is 106 cm³/mol. The number of carboxylic acids is 1. The number of nitrogens with one attached hydrogen (secondary N) is 1. The normalized spacial score (nSPS) is 17.2.